The second-order valence-electron chi connectivity index (χ2n) is 7.15. The molecule has 2 aromatic carbocycles. The van der Waals surface area contributed by atoms with Crippen molar-refractivity contribution in [3.05, 3.63) is 75.9 Å². The average molecular weight is 484 g/mol. The average Bonchev–Trinajstić information content (AvgIpc) is 3.17. The Kier molecular flexibility index (Phi) is 7.39. The number of halogens is 1. The maximum absolute atomic E-state index is 12.4. The fourth-order valence-electron chi connectivity index (χ4n) is 3.16. The van der Waals surface area contributed by atoms with Gasteiger partial charge in [0.25, 0.3) is 0 Å². The Balaban J connectivity index is 1.47. The standard InChI is InChI=1S/C24H22ClN3O4S/c1-15-20-22(26-14-27-23(20)33-21(15)24(29)31-12-11-30-2)28-18-7-9-19(10-8-18)32-13-16-3-5-17(25)6-4-16/h3-10,14H,11-13H2,1-2H3,(H,26,27,28). The summed E-state index contributed by atoms with van der Waals surface area (Å²) in [4.78, 5) is 22.4. The number of hydrogen-bond donors (Lipinski definition) is 1. The zero-order chi connectivity index (χ0) is 23.2. The van der Waals surface area contributed by atoms with Gasteiger partial charge in [-0.3, -0.25) is 0 Å². The molecule has 0 amide bonds. The van der Waals surface area contributed by atoms with Crippen LogP contribution in [-0.2, 0) is 16.1 Å². The summed E-state index contributed by atoms with van der Waals surface area (Å²) < 4.78 is 16.0. The number of nitrogens with zero attached hydrogens (tertiary/aromatic N) is 2. The molecule has 33 heavy (non-hydrogen) atoms. The highest BCUT2D eigenvalue weighted by Gasteiger charge is 2.20. The molecule has 1 N–H and O–H groups in total. The van der Waals surface area contributed by atoms with Gasteiger partial charge in [0.1, 0.15) is 40.8 Å². The number of fused-ring (bicyclic) bond motifs is 1. The third-order valence-corrected chi connectivity index (χ3v) is 6.30. The largest absolute Gasteiger partial charge is 0.489 e. The van der Waals surface area contributed by atoms with Crippen LogP contribution in [0.3, 0.4) is 0 Å². The van der Waals surface area contributed by atoms with E-state index in [0.29, 0.717) is 33.8 Å². The predicted molar refractivity (Wildman–Crippen MR) is 130 cm³/mol. The van der Waals surface area contributed by atoms with E-state index in [1.165, 1.54) is 17.7 Å². The minimum Gasteiger partial charge on any atom is -0.489 e. The molecule has 9 heteroatoms. The van der Waals surface area contributed by atoms with Crippen molar-refractivity contribution in [2.24, 2.45) is 0 Å². The van der Waals surface area contributed by atoms with E-state index in [9.17, 15) is 4.79 Å². The predicted octanol–water partition coefficient (Wildman–Crippen LogP) is 5.78. The molecule has 4 rings (SSSR count). The fraction of sp³-hybridized carbons (Fsp3) is 0.208. The van der Waals surface area contributed by atoms with Crippen LogP contribution in [0.1, 0.15) is 20.8 Å². The van der Waals surface area contributed by atoms with Gasteiger partial charge in [-0.25, -0.2) is 14.8 Å². The van der Waals surface area contributed by atoms with E-state index in [4.69, 9.17) is 25.8 Å². The lowest BCUT2D eigenvalue weighted by atomic mass is 10.2. The van der Waals surface area contributed by atoms with Crippen LogP contribution in [0.4, 0.5) is 11.5 Å². The molecule has 170 valence electrons. The van der Waals surface area contributed by atoms with Crippen molar-refractivity contribution in [3.8, 4) is 5.75 Å². The molecule has 0 atom stereocenters. The van der Waals surface area contributed by atoms with E-state index >= 15 is 0 Å². The first-order valence-electron chi connectivity index (χ1n) is 10.2. The van der Waals surface area contributed by atoms with E-state index < -0.39 is 0 Å². The summed E-state index contributed by atoms with van der Waals surface area (Å²) in [5.74, 6) is 0.983. The van der Waals surface area contributed by atoms with Crippen LogP contribution in [0.2, 0.25) is 5.02 Å². The zero-order valence-corrected chi connectivity index (χ0v) is 19.7. The monoisotopic (exact) mass is 483 g/mol. The number of hydrogen-bond acceptors (Lipinski definition) is 8. The second-order valence-corrected chi connectivity index (χ2v) is 8.59. The van der Waals surface area contributed by atoms with E-state index in [2.05, 4.69) is 15.3 Å². The van der Waals surface area contributed by atoms with Crippen molar-refractivity contribution in [2.75, 3.05) is 25.6 Å². The fourth-order valence-corrected chi connectivity index (χ4v) is 4.33. The summed E-state index contributed by atoms with van der Waals surface area (Å²) >= 11 is 7.21. The second kappa shape index (κ2) is 10.6. The van der Waals surface area contributed by atoms with E-state index in [-0.39, 0.29) is 12.6 Å². The highest BCUT2D eigenvalue weighted by atomic mass is 35.5. The Bertz CT molecular complexity index is 1240. The first kappa shape index (κ1) is 23.0. The number of methoxy groups -OCH3 is 1. The number of thiophene rings is 1. The maximum Gasteiger partial charge on any atom is 0.348 e. The van der Waals surface area contributed by atoms with Crippen LogP contribution >= 0.6 is 22.9 Å². The molecule has 7 nitrogen and oxygen atoms in total. The van der Waals surface area contributed by atoms with Crippen LogP contribution in [0.5, 0.6) is 5.75 Å². The number of carbonyl (C=O) groups is 1. The number of benzene rings is 2. The number of aryl methyl sites for hydroxylation is 1. The van der Waals surface area contributed by atoms with Crippen LogP contribution in [0.15, 0.2) is 54.9 Å². The van der Waals surface area contributed by atoms with Crippen molar-refractivity contribution < 1.29 is 19.0 Å². The number of nitrogens with one attached hydrogen (secondary N) is 1. The van der Waals surface area contributed by atoms with Crippen LogP contribution in [-0.4, -0.2) is 36.3 Å². The number of aromatic nitrogens is 2. The Morgan fingerprint density at radius 1 is 1.06 bits per heavy atom. The lowest BCUT2D eigenvalue weighted by Crippen LogP contribution is -2.09. The Hall–Kier alpha value is -3.20. The summed E-state index contributed by atoms with van der Waals surface area (Å²) in [6.07, 6.45) is 1.48. The normalized spacial score (nSPS) is 10.9. The molecule has 0 bridgehead atoms. The molecule has 2 aromatic heterocycles. The minimum atomic E-state index is -0.388. The van der Waals surface area contributed by atoms with Crippen molar-refractivity contribution >= 4 is 50.6 Å². The summed E-state index contributed by atoms with van der Waals surface area (Å²) in [7, 11) is 1.56. The molecule has 0 saturated heterocycles. The first-order valence-corrected chi connectivity index (χ1v) is 11.4. The zero-order valence-electron chi connectivity index (χ0n) is 18.1. The third kappa shape index (κ3) is 5.60. The Labute approximate surface area is 200 Å². The smallest absolute Gasteiger partial charge is 0.348 e. The van der Waals surface area contributed by atoms with Gasteiger partial charge in [-0.05, 0) is 54.4 Å². The molecule has 2 heterocycles. The van der Waals surface area contributed by atoms with Crippen LogP contribution in [0, 0.1) is 6.92 Å². The van der Waals surface area contributed by atoms with Crippen molar-refractivity contribution in [2.45, 2.75) is 13.5 Å². The topological polar surface area (TPSA) is 82.6 Å². The van der Waals surface area contributed by atoms with E-state index in [0.717, 1.165) is 28.0 Å². The number of ether oxygens (including phenoxy) is 3. The van der Waals surface area contributed by atoms with Gasteiger partial charge in [0.2, 0.25) is 0 Å². The Morgan fingerprint density at radius 2 is 1.82 bits per heavy atom. The first-order chi connectivity index (χ1) is 16.0. The lowest BCUT2D eigenvalue weighted by molar-refractivity contribution is 0.0393. The van der Waals surface area contributed by atoms with Crippen molar-refractivity contribution in [3.63, 3.8) is 0 Å². The lowest BCUT2D eigenvalue weighted by Gasteiger charge is -2.10. The van der Waals surface area contributed by atoms with E-state index in [1.54, 1.807) is 7.11 Å². The highest BCUT2D eigenvalue weighted by molar-refractivity contribution is 7.20. The molecule has 0 unspecified atom stereocenters. The van der Waals surface area contributed by atoms with Crippen molar-refractivity contribution in [1.82, 2.24) is 9.97 Å². The van der Waals surface area contributed by atoms with Gasteiger partial charge < -0.3 is 19.5 Å². The number of esters is 1. The molecule has 0 aliphatic carbocycles. The molecule has 0 aliphatic rings. The van der Waals surface area contributed by atoms with Gasteiger partial charge in [-0.1, -0.05) is 23.7 Å². The van der Waals surface area contributed by atoms with Gasteiger partial charge in [-0.2, -0.15) is 0 Å². The van der Waals surface area contributed by atoms with Gasteiger partial charge >= 0.3 is 5.97 Å². The summed E-state index contributed by atoms with van der Waals surface area (Å²) in [5, 5.41) is 4.81. The number of carbonyl (C=O) groups excluding carboxylic acids is 1. The quantitative estimate of drug-likeness (QED) is 0.238. The molecule has 0 spiro atoms. The number of rotatable bonds is 9. The summed E-state index contributed by atoms with van der Waals surface area (Å²) in [5.41, 5.74) is 2.65. The number of anilines is 2. The third-order valence-electron chi connectivity index (χ3n) is 4.87. The van der Waals surface area contributed by atoms with Gasteiger partial charge in [0.05, 0.1) is 12.0 Å². The summed E-state index contributed by atoms with van der Waals surface area (Å²) in [6.45, 7) is 2.87. The van der Waals surface area contributed by atoms with Crippen LogP contribution in [0.25, 0.3) is 10.2 Å². The molecule has 0 radical (unpaired) electrons. The van der Waals surface area contributed by atoms with Crippen LogP contribution < -0.4 is 10.1 Å². The summed E-state index contributed by atoms with van der Waals surface area (Å²) in [6, 6.07) is 15.1. The molecule has 0 aliphatic heterocycles. The SMILES string of the molecule is COCCOC(=O)c1sc2ncnc(Nc3ccc(OCc4ccc(Cl)cc4)cc3)c2c1C. The van der Waals surface area contributed by atoms with Gasteiger partial charge in [0, 0.05) is 17.8 Å². The Morgan fingerprint density at radius 3 is 2.55 bits per heavy atom. The minimum absolute atomic E-state index is 0.201. The molecular weight excluding hydrogens is 462 g/mol. The molecular formula is C24H22ClN3O4S. The molecule has 0 saturated carbocycles. The molecule has 4 aromatic rings. The van der Waals surface area contributed by atoms with E-state index in [1.807, 2.05) is 55.5 Å². The van der Waals surface area contributed by atoms with Gasteiger partial charge in [0.15, 0.2) is 0 Å². The maximum atomic E-state index is 12.4. The molecule has 0 fully saturated rings. The van der Waals surface area contributed by atoms with Crippen molar-refractivity contribution in [1.29, 1.82) is 0 Å². The van der Waals surface area contributed by atoms with Gasteiger partial charge in [-0.15, -0.1) is 11.3 Å². The highest BCUT2D eigenvalue weighted by Crippen LogP contribution is 2.35.